The first-order valence-electron chi connectivity index (χ1n) is 7.41. The Morgan fingerprint density at radius 1 is 1.17 bits per heavy atom. The Hall–Kier alpha value is -3.02. The predicted octanol–water partition coefficient (Wildman–Crippen LogP) is 3.01. The van der Waals surface area contributed by atoms with Gasteiger partial charge in [-0.15, -0.1) is 0 Å². The Labute approximate surface area is 140 Å². The molecule has 0 aliphatic rings. The van der Waals surface area contributed by atoms with E-state index in [4.69, 9.17) is 13.9 Å². The molecule has 2 rings (SSSR count). The van der Waals surface area contributed by atoms with Crippen LogP contribution in [0.2, 0.25) is 0 Å². The van der Waals surface area contributed by atoms with Gasteiger partial charge in [-0.25, -0.2) is 4.79 Å². The number of carbonyl (C=O) groups excluding carboxylic acids is 2. The first-order valence-corrected chi connectivity index (χ1v) is 7.41. The van der Waals surface area contributed by atoms with Gasteiger partial charge in [0.25, 0.3) is 5.91 Å². The molecule has 24 heavy (non-hydrogen) atoms. The summed E-state index contributed by atoms with van der Waals surface area (Å²) in [5, 5.41) is 2.52. The minimum atomic E-state index is -0.624. The molecule has 0 fully saturated rings. The van der Waals surface area contributed by atoms with Crippen molar-refractivity contribution in [1.29, 1.82) is 0 Å². The van der Waals surface area contributed by atoms with Crippen LogP contribution in [-0.4, -0.2) is 25.1 Å². The summed E-state index contributed by atoms with van der Waals surface area (Å²) in [4.78, 5) is 24.3. The van der Waals surface area contributed by atoms with Crippen molar-refractivity contribution >= 4 is 18.0 Å². The van der Waals surface area contributed by atoms with Gasteiger partial charge in [0, 0.05) is 0 Å². The first-order chi connectivity index (χ1) is 11.5. The molecule has 6 heteroatoms. The maximum atomic E-state index is 12.2. The SMILES string of the molecule is COc1ccc(C=C(NC(=O)c2ccco2)C(=O)OC(C)C)cc1. The second-order valence-corrected chi connectivity index (χ2v) is 5.22. The molecule has 0 unspecified atom stereocenters. The van der Waals surface area contributed by atoms with Crippen molar-refractivity contribution in [1.82, 2.24) is 5.32 Å². The van der Waals surface area contributed by atoms with E-state index in [1.54, 1.807) is 51.3 Å². The molecule has 0 saturated carbocycles. The highest BCUT2D eigenvalue weighted by Gasteiger charge is 2.18. The molecule has 0 radical (unpaired) electrons. The Balaban J connectivity index is 2.25. The van der Waals surface area contributed by atoms with Crippen LogP contribution in [0.25, 0.3) is 6.08 Å². The Kier molecular flexibility index (Phi) is 5.78. The number of nitrogens with one attached hydrogen (secondary N) is 1. The van der Waals surface area contributed by atoms with Crippen molar-refractivity contribution in [3.8, 4) is 5.75 Å². The standard InChI is InChI=1S/C18H19NO5/c1-12(2)24-18(21)15(19-17(20)16-5-4-10-23-16)11-13-6-8-14(22-3)9-7-13/h4-12H,1-3H3,(H,19,20). The fourth-order valence-corrected chi connectivity index (χ4v) is 1.88. The van der Waals surface area contributed by atoms with Gasteiger partial charge in [-0.05, 0) is 49.8 Å². The fraction of sp³-hybridized carbons (Fsp3) is 0.222. The third kappa shape index (κ3) is 4.74. The number of rotatable bonds is 6. The quantitative estimate of drug-likeness (QED) is 0.651. The van der Waals surface area contributed by atoms with E-state index in [2.05, 4.69) is 5.32 Å². The van der Waals surface area contributed by atoms with Gasteiger partial charge in [0.2, 0.25) is 0 Å². The summed E-state index contributed by atoms with van der Waals surface area (Å²) in [7, 11) is 1.57. The molecule has 1 amide bonds. The monoisotopic (exact) mass is 329 g/mol. The van der Waals surface area contributed by atoms with E-state index in [0.29, 0.717) is 11.3 Å². The molecule has 0 aliphatic heterocycles. The highest BCUT2D eigenvalue weighted by Crippen LogP contribution is 2.14. The van der Waals surface area contributed by atoms with Gasteiger partial charge in [0.15, 0.2) is 5.76 Å². The van der Waals surface area contributed by atoms with Crippen LogP contribution < -0.4 is 10.1 Å². The van der Waals surface area contributed by atoms with E-state index in [1.807, 2.05) is 0 Å². The zero-order chi connectivity index (χ0) is 17.5. The number of ether oxygens (including phenoxy) is 2. The number of benzene rings is 1. The van der Waals surface area contributed by atoms with Gasteiger partial charge in [-0.2, -0.15) is 0 Å². The molecule has 2 aromatic rings. The van der Waals surface area contributed by atoms with Crippen molar-refractivity contribution in [3.05, 3.63) is 59.7 Å². The van der Waals surface area contributed by atoms with E-state index in [9.17, 15) is 9.59 Å². The minimum Gasteiger partial charge on any atom is -0.497 e. The third-order valence-corrected chi connectivity index (χ3v) is 2.98. The van der Waals surface area contributed by atoms with Crippen LogP contribution in [0, 0.1) is 0 Å². The fourth-order valence-electron chi connectivity index (χ4n) is 1.88. The van der Waals surface area contributed by atoms with Crippen LogP contribution in [0.3, 0.4) is 0 Å². The molecule has 1 N–H and O–H groups in total. The van der Waals surface area contributed by atoms with Gasteiger partial charge in [-0.1, -0.05) is 12.1 Å². The molecule has 0 saturated heterocycles. The van der Waals surface area contributed by atoms with E-state index >= 15 is 0 Å². The highest BCUT2D eigenvalue weighted by atomic mass is 16.5. The third-order valence-electron chi connectivity index (χ3n) is 2.98. The summed E-state index contributed by atoms with van der Waals surface area (Å²) in [6.45, 7) is 3.47. The molecule has 0 spiro atoms. The summed E-state index contributed by atoms with van der Waals surface area (Å²) in [5.74, 6) is -0.354. The molecule has 1 aromatic heterocycles. The average Bonchev–Trinajstić information content (AvgIpc) is 3.08. The topological polar surface area (TPSA) is 77.8 Å². The molecule has 1 aromatic carbocycles. The number of hydrogen-bond acceptors (Lipinski definition) is 5. The van der Waals surface area contributed by atoms with Gasteiger partial charge in [-0.3, -0.25) is 4.79 Å². The summed E-state index contributed by atoms with van der Waals surface area (Å²) in [5.41, 5.74) is 0.738. The molecule has 1 heterocycles. The summed E-state index contributed by atoms with van der Waals surface area (Å²) in [6, 6.07) is 10.1. The lowest BCUT2D eigenvalue weighted by Crippen LogP contribution is -2.29. The van der Waals surface area contributed by atoms with Crippen molar-refractivity contribution < 1.29 is 23.5 Å². The molecular formula is C18H19NO5. The van der Waals surface area contributed by atoms with Gasteiger partial charge in [0.1, 0.15) is 11.4 Å². The number of amides is 1. The largest absolute Gasteiger partial charge is 0.497 e. The van der Waals surface area contributed by atoms with E-state index in [-0.39, 0.29) is 17.6 Å². The summed E-state index contributed by atoms with van der Waals surface area (Å²) in [6.07, 6.45) is 2.61. The van der Waals surface area contributed by atoms with E-state index in [0.717, 1.165) is 0 Å². The van der Waals surface area contributed by atoms with Crippen LogP contribution in [0.15, 0.2) is 52.8 Å². The lowest BCUT2D eigenvalue weighted by molar-refractivity contribution is -0.142. The number of carbonyl (C=O) groups is 2. The molecule has 126 valence electrons. The second kappa shape index (κ2) is 8.01. The maximum Gasteiger partial charge on any atom is 0.355 e. The Morgan fingerprint density at radius 2 is 1.88 bits per heavy atom. The molecule has 0 bridgehead atoms. The minimum absolute atomic E-state index is 0.0234. The van der Waals surface area contributed by atoms with E-state index in [1.165, 1.54) is 18.4 Å². The van der Waals surface area contributed by atoms with Gasteiger partial charge >= 0.3 is 5.97 Å². The Bertz CT molecular complexity index is 714. The van der Waals surface area contributed by atoms with Crippen LogP contribution in [0.5, 0.6) is 5.75 Å². The first kappa shape index (κ1) is 17.3. The van der Waals surface area contributed by atoms with Crippen molar-refractivity contribution in [2.45, 2.75) is 20.0 Å². The van der Waals surface area contributed by atoms with Gasteiger partial charge in [0.05, 0.1) is 19.5 Å². The zero-order valence-electron chi connectivity index (χ0n) is 13.7. The van der Waals surface area contributed by atoms with Crippen LogP contribution >= 0.6 is 0 Å². The zero-order valence-corrected chi connectivity index (χ0v) is 13.7. The van der Waals surface area contributed by atoms with Crippen molar-refractivity contribution in [2.24, 2.45) is 0 Å². The maximum absolute atomic E-state index is 12.2. The van der Waals surface area contributed by atoms with Crippen LogP contribution in [-0.2, 0) is 9.53 Å². The molecule has 0 aliphatic carbocycles. The normalized spacial score (nSPS) is 11.2. The summed E-state index contributed by atoms with van der Waals surface area (Å²) >= 11 is 0. The second-order valence-electron chi connectivity index (χ2n) is 5.22. The van der Waals surface area contributed by atoms with Crippen LogP contribution in [0.4, 0.5) is 0 Å². The average molecular weight is 329 g/mol. The molecular weight excluding hydrogens is 310 g/mol. The number of hydrogen-bond donors (Lipinski definition) is 1. The lowest BCUT2D eigenvalue weighted by atomic mass is 10.2. The number of furan rings is 1. The number of methoxy groups -OCH3 is 1. The predicted molar refractivity (Wildman–Crippen MR) is 88.4 cm³/mol. The lowest BCUT2D eigenvalue weighted by Gasteiger charge is -2.12. The summed E-state index contributed by atoms with van der Waals surface area (Å²) < 4.78 is 15.3. The van der Waals surface area contributed by atoms with E-state index < -0.39 is 11.9 Å². The Morgan fingerprint density at radius 3 is 2.42 bits per heavy atom. The molecule has 0 atom stereocenters. The van der Waals surface area contributed by atoms with Crippen LogP contribution in [0.1, 0.15) is 30.0 Å². The van der Waals surface area contributed by atoms with Crippen molar-refractivity contribution in [2.75, 3.05) is 7.11 Å². The smallest absolute Gasteiger partial charge is 0.355 e. The highest BCUT2D eigenvalue weighted by molar-refractivity contribution is 6.02. The number of esters is 1. The van der Waals surface area contributed by atoms with Crippen molar-refractivity contribution in [3.63, 3.8) is 0 Å². The van der Waals surface area contributed by atoms with Gasteiger partial charge < -0.3 is 19.2 Å². The molecule has 6 nitrogen and oxygen atoms in total.